The number of nitrogens with one attached hydrogen (secondary N) is 1. The molecule has 0 saturated carbocycles. The molecule has 12 heteroatoms. The quantitative estimate of drug-likeness (QED) is 0.198. The highest BCUT2D eigenvalue weighted by Gasteiger charge is 2.32. The van der Waals surface area contributed by atoms with E-state index in [2.05, 4.69) is 5.32 Å². The van der Waals surface area contributed by atoms with Gasteiger partial charge in [-0.2, -0.15) is 13.2 Å². The van der Waals surface area contributed by atoms with E-state index in [0.29, 0.717) is 12.3 Å². The summed E-state index contributed by atoms with van der Waals surface area (Å²) in [5, 5.41) is 2.94. The molecular weight excluding hydrogens is 607 g/mol. The molecule has 0 radical (unpaired) electrons. The lowest BCUT2D eigenvalue weighted by Crippen LogP contribution is -2.50. The molecule has 0 spiro atoms. The summed E-state index contributed by atoms with van der Waals surface area (Å²) in [6.45, 7) is 2.30. The molecule has 0 aliphatic heterocycles. The molecule has 0 aliphatic rings. The van der Waals surface area contributed by atoms with Gasteiger partial charge in [-0.05, 0) is 54.3 Å². The maximum Gasteiger partial charge on any atom is 0.416 e. The Morgan fingerprint density at radius 3 is 2.27 bits per heavy atom. The highest BCUT2D eigenvalue weighted by Crippen LogP contribution is 2.32. The second kappa shape index (κ2) is 16.3. The minimum Gasteiger partial charge on any atom is -0.497 e. The Morgan fingerprint density at radius 1 is 0.933 bits per heavy atom. The lowest BCUT2D eigenvalue weighted by atomic mass is 10.0. The van der Waals surface area contributed by atoms with Crippen LogP contribution in [0.4, 0.5) is 18.9 Å². The second-order valence-corrected chi connectivity index (χ2v) is 12.6. The summed E-state index contributed by atoms with van der Waals surface area (Å²) >= 11 is 0. The maximum absolute atomic E-state index is 13.9. The molecule has 1 atom stereocenters. The molecule has 2 amide bonds. The largest absolute Gasteiger partial charge is 0.497 e. The third-order valence-corrected chi connectivity index (χ3v) is 8.40. The third kappa shape index (κ3) is 10.8. The number of anilines is 1. The standard InChI is InChI=1S/C33H40F3N3O5S/c1-4-5-19-37-32(41)30(22-25-12-7-6-8-13-25)38(24-26-14-9-17-29(21-26)44-2)31(40)18-11-20-39(45(3,42)43)28-16-10-15-27(23-28)33(34,35)36/h6-10,12-17,21,23,30H,4-5,11,18-20,22,24H2,1-3H3,(H,37,41). The summed E-state index contributed by atoms with van der Waals surface area (Å²) < 4.78 is 71.4. The smallest absolute Gasteiger partial charge is 0.416 e. The number of unbranched alkanes of at least 4 members (excludes halogenated alkanes) is 1. The Kier molecular flexibility index (Phi) is 12.8. The van der Waals surface area contributed by atoms with Gasteiger partial charge in [-0.15, -0.1) is 0 Å². The first-order chi connectivity index (χ1) is 21.3. The second-order valence-electron chi connectivity index (χ2n) is 10.7. The van der Waals surface area contributed by atoms with Gasteiger partial charge in [-0.1, -0.05) is 61.9 Å². The van der Waals surface area contributed by atoms with Gasteiger partial charge in [0.25, 0.3) is 0 Å². The van der Waals surface area contributed by atoms with Gasteiger partial charge in [-0.3, -0.25) is 13.9 Å². The van der Waals surface area contributed by atoms with Gasteiger partial charge in [0, 0.05) is 32.5 Å². The van der Waals surface area contributed by atoms with Crippen molar-refractivity contribution >= 4 is 27.5 Å². The molecule has 0 aromatic heterocycles. The van der Waals surface area contributed by atoms with E-state index < -0.39 is 33.7 Å². The fraction of sp³-hybridized carbons (Fsp3) is 0.394. The van der Waals surface area contributed by atoms with E-state index in [0.717, 1.165) is 52.7 Å². The number of ether oxygens (including phenoxy) is 1. The lowest BCUT2D eigenvalue weighted by molar-refractivity contribution is -0.141. The van der Waals surface area contributed by atoms with Crippen molar-refractivity contribution < 1.29 is 35.9 Å². The Morgan fingerprint density at radius 2 is 1.62 bits per heavy atom. The minimum atomic E-state index is -4.65. The number of halogens is 3. The Labute approximate surface area is 263 Å². The van der Waals surface area contributed by atoms with Crippen LogP contribution in [0.15, 0.2) is 78.9 Å². The monoisotopic (exact) mass is 647 g/mol. The summed E-state index contributed by atoms with van der Waals surface area (Å²) in [7, 11) is -2.45. The first-order valence-electron chi connectivity index (χ1n) is 14.7. The van der Waals surface area contributed by atoms with Crippen LogP contribution in [-0.4, -0.2) is 57.6 Å². The van der Waals surface area contributed by atoms with Crippen molar-refractivity contribution in [1.82, 2.24) is 10.2 Å². The van der Waals surface area contributed by atoms with Crippen LogP contribution in [0.1, 0.15) is 49.3 Å². The fourth-order valence-corrected chi connectivity index (χ4v) is 5.83. The molecule has 0 aliphatic carbocycles. The predicted molar refractivity (Wildman–Crippen MR) is 168 cm³/mol. The van der Waals surface area contributed by atoms with Crippen LogP contribution in [0.2, 0.25) is 0 Å². The van der Waals surface area contributed by atoms with Gasteiger partial charge in [0.15, 0.2) is 0 Å². The third-order valence-electron chi connectivity index (χ3n) is 7.20. The molecule has 244 valence electrons. The van der Waals surface area contributed by atoms with Gasteiger partial charge < -0.3 is 15.0 Å². The number of hydrogen-bond acceptors (Lipinski definition) is 5. The number of alkyl halides is 3. The number of methoxy groups -OCH3 is 1. The van der Waals surface area contributed by atoms with E-state index in [1.54, 1.807) is 18.2 Å². The number of amides is 2. The molecule has 3 aromatic rings. The molecule has 1 N–H and O–H groups in total. The summed E-state index contributed by atoms with van der Waals surface area (Å²) in [6, 6.07) is 19.6. The molecule has 0 bridgehead atoms. The van der Waals surface area contributed by atoms with E-state index in [4.69, 9.17) is 4.74 Å². The Bertz CT molecular complexity index is 1520. The number of carbonyl (C=O) groups is 2. The summed E-state index contributed by atoms with van der Waals surface area (Å²) in [5.74, 6) is -0.135. The number of rotatable bonds is 16. The van der Waals surface area contributed by atoms with Gasteiger partial charge in [-0.25, -0.2) is 8.42 Å². The molecule has 0 heterocycles. The zero-order valence-corrected chi connectivity index (χ0v) is 26.5. The average Bonchev–Trinajstić information content (AvgIpc) is 3.00. The molecular formula is C33H40F3N3O5S. The first-order valence-corrected chi connectivity index (χ1v) is 16.6. The molecule has 0 saturated heterocycles. The molecule has 0 fully saturated rings. The Hall–Kier alpha value is -4.06. The maximum atomic E-state index is 13.9. The van der Waals surface area contributed by atoms with Crippen molar-refractivity contribution in [3.8, 4) is 5.75 Å². The predicted octanol–water partition coefficient (Wildman–Crippen LogP) is 5.82. The molecule has 3 rings (SSSR count). The van der Waals surface area contributed by atoms with E-state index >= 15 is 0 Å². The molecule has 8 nitrogen and oxygen atoms in total. The number of hydrogen-bond donors (Lipinski definition) is 1. The average molecular weight is 648 g/mol. The first kappa shape index (κ1) is 35.4. The Balaban J connectivity index is 1.90. The van der Waals surface area contributed by atoms with E-state index in [1.165, 1.54) is 18.1 Å². The van der Waals surface area contributed by atoms with Crippen molar-refractivity contribution in [1.29, 1.82) is 0 Å². The number of sulfonamides is 1. The molecule has 3 aromatic carbocycles. The summed E-state index contributed by atoms with van der Waals surface area (Å²) in [4.78, 5) is 29.0. The van der Waals surface area contributed by atoms with Crippen molar-refractivity contribution in [2.75, 3.05) is 30.8 Å². The van der Waals surface area contributed by atoms with Crippen LogP contribution in [0.25, 0.3) is 0 Å². The fourth-order valence-electron chi connectivity index (χ4n) is 4.87. The van der Waals surface area contributed by atoms with Gasteiger partial charge >= 0.3 is 6.18 Å². The number of benzene rings is 3. The van der Waals surface area contributed by atoms with Crippen LogP contribution in [-0.2, 0) is 38.8 Å². The van der Waals surface area contributed by atoms with Crippen molar-refractivity contribution in [3.63, 3.8) is 0 Å². The van der Waals surface area contributed by atoms with Crippen molar-refractivity contribution in [2.24, 2.45) is 0 Å². The lowest BCUT2D eigenvalue weighted by Gasteiger charge is -2.32. The van der Waals surface area contributed by atoms with Crippen molar-refractivity contribution in [3.05, 3.63) is 95.6 Å². The van der Waals surface area contributed by atoms with Crippen LogP contribution in [0.3, 0.4) is 0 Å². The minimum absolute atomic E-state index is 0.00622. The SMILES string of the molecule is CCCCNC(=O)C(Cc1ccccc1)N(Cc1cccc(OC)c1)C(=O)CCCN(c1cccc(C(F)(F)F)c1)S(C)(=O)=O. The summed E-state index contributed by atoms with van der Waals surface area (Å²) in [6.07, 6.45) is -2.01. The van der Waals surface area contributed by atoms with E-state index in [-0.39, 0.29) is 43.9 Å². The molecule has 45 heavy (non-hydrogen) atoms. The van der Waals surface area contributed by atoms with Gasteiger partial charge in [0.2, 0.25) is 21.8 Å². The van der Waals surface area contributed by atoms with E-state index in [9.17, 15) is 31.2 Å². The molecule has 1 unspecified atom stereocenters. The normalized spacial score (nSPS) is 12.3. The zero-order valence-electron chi connectivity index (χ0n) is 25.7. The number of nitrogens with zero attached hydrogens (tertiary/aromatic N) is 2. The van der Waals surface area contributed by atoms with Crippen LogP contribution < -0.4 is 14.4 Å². The van der Waals surface area contributed by atoms with Gasteiger partial charge in [0.05, 0.1) is 24.6 Å². The van der Waals surface area contributed by atoms with Crippen LogP contribution >= 0.6 is 0 Å². The van der Waals surface area contributed by atoms with Crippen LogP contribution in [0, 0.1) is 0 Å². The van der Waals surface area contributed by atoms with Gasteiger partial charge in [0.1, 0.15) is 11.8 Å². The van der Waals surface area contributed by atoms with E-state index in [1.807, 2.05) is 43.3 Å². The topological polar surface area (TPSA) is 96.0 Å². The van der Waals surface area contributed by atoms with Crippen LogP contribution in [0.5, 0.6) is 5.75 Å². The highest BCUT2D eigenvalue weighted by atomic mass is 32.2. The number of carbonyl (C=O) groups excluding carboxylic acids is 2. The highest BCUT2D eigenvalue weighted by molar-refractivity contribution is 7.92. The van der Waals surface area contributed by atoms with Crippen molar-refractivity contribution in [2.45, 2.75) is 57.8 Å². The summed E-state index contributed by atoms with van der Waals surface area (Å²) in [5.41, 5.74) is 0.450. The zero-order chi connectivity index (χ0) is 33.0.